The van der Waals surface area contributed by atoms with Gasteiger partial charge in [0.1, 0.15) is 11.5 Å². The highest BCUT2D eigenvalue weighted by molar-refractivity contribution is 5.87. The summed E-state index contributed by atoms with van der Waals surface area (Å²) in [5.41, 5.74) is 10.5. The molecule has 0 fully saturated rings. The Bertz CT molecular complexity index is 2340. The second-order valence-electron chi connectivity index (χ2n) is 12.9. The number of hydrogen-bond donors (Lipinski definition) is 0. The van der Waals surface area contributed by atoms with Crippen molar-refractivity contribution in [2.75, 3.05) is 0 Å². The van der Waals surface area contributed by atoms with E-state index in [9.17, 15) is 0 Å². The van der Waals surface area contributed by atoms with E-state index in [0.717, 1.165) is 50.1 Å². The minimum atomic E-state index is 0.617. The quantitative estimate of drug-likeness (QED) is 0.108. The molecule has 4 nitrogen and oxygen atoms in total. The van der Waals surface area contributed by atoms with E-state index in [4.69, 9.17) is 19.7 Å². The van der Waals surface area contributed by atoms with Crippen LogP contribution in [0.2, 0.25) is 0 Å². The molecule has 0 saturated carbocycles. The van der Waals surface area contributed by atoms with Crippen LogP contribution in [-0.2, 0) is 4.74 Å². The number of rotatable bonds is 10. The van der Waals surface area contributed by atoms with E-state index in [2.05, 4.69) is 124 Å². The Labute approximate surface area is 302 Å². The van der Waals surface area contributed by atoms with Gasteiger partial charge in [0.25, 0.3) is 0 Å². The fourth-order valence-corrected chi connectivity index (χ4v) is 5.98. The average molecular weight is 666 g/mol. The molecular formula is C47H43N3O. The molecule has 0 saturated heterocycles. The summed E-state index contributed by atoms with van der Waals surface area (Å²) in [6.45, 7) is 16.6. The highest BCUT2D eigenvalue weighted by Gasteiger charge is 2.14. The molecule has 0 aliphatic heterocycles. The highest BCUT2D eigenvalue weighted by Crippen LogP contribution is 2.30. The second kappa shape index (κ2) is 15.6. The zero-order valence-corrected chi connectivity index (χ0v) is 30.2. The maximum atomic E-state index is 6.46. The molecule has 0 amide bonds. The first-order valence-electron chi connectivity index (χ1n) is 17.2. The minimum absolute atomic E-state index is 0.617. The monoisotopic (exact) mass is 665 g/mol. The summed E-state index contributed by atoms with van der Waals surface area (Å²) in [7, 11) is 0. The first-order chi connectivity index (χ1) is 24.7. The first kappa shape index (κ1) is 34.7. The number of aromatic nitrogens is 3. The summed E-state index contributed by atoms with van der Waals surface area (Å²) in [5, 5.41) is 2.32. The summed E-state index contributed by atoms with van der Waals surface area (Å²) in [6, 6.07) is 41.5. The van der Waals surface area contributed by atoms with Crippen molar-refractivity contribution in [3.05, 3.63) is 185 Å². The lowest BCUT2D eigenvalue weighted by Gasteiger charge is -2.15. The fourth-order valence-electron chi connectivity index (χ4n) is 5.98. The maximum absolute atomic E-state index is 6.46. The van der Waals surface area contributed by atoms with Crippen molar-refractivity contribution in [1.82, 2.24) is 15.0 Å². The number of ether oxygens (including phenoxy) is 1. The lowest BCUT2D eigenvalue weighted by molar-refractivity contribution is 0.317. The van der Waals surface area contributed by atoms with E-state index in [0.29, 0.717) is 23.2 Å². The Morgan fingerprint density at radius 3 is 1.80 bits per heavy atom. The van der Waals surface area contributed by atoms with Gasteiger partial charge in [-0.2, -0.15) is 0 Å². The van der Waals surface area contributed by atoms with Gasteiger partial charge in [0.05, 0.1) is 0 Å². The molecule has 5 aromatic carbocycles. The molecular weight excluding hydrogens is 623 g/mol. The molecule has 0 N–H and O–H groups in total. The van der Waals surface area contributed by atoms with Crippen molar-refractivity contribution >= 4 is 21.9 Å². The van der Waals surface area contributed by atoms with Crippen molar-refractivity contribution in [1.29, 1.82) is 0 Å². The number of aryl methyl sites for hydroxylation is 1. The molecule has 1 aromatic heterocycles. The van der Waals surface area contributed by atoms with E-state index in [1.807, 2.05) is 63.2 Å². The third-order valence-corrected chi connectivity index (χ3v) is 8.76. The smallest absolute Gasteiger partial charge is 0.164 e. The summed E-state index contributed by atoms with van der Waals surface area (Å²) in [6.07, 6.45) is 6.26. The summed E-state index contributed by atoms with van der Waals surface area (Å²) in [4.78, 5) is 14.8. The second-order valence-corrected chi connectivity index (χ2v) is 12.9. The number of hydrogen-bond acceptors (Lipinski definition) is 4. The van der Waals surface area contributed by atoms with Gasteiger partial charge in [-0.15, -0.1) is 0 Å². The van der Waals surface area contributed by atoms with Gasteiger partial charge in [0, 0.05) is 16.7 Å². The van der Waals surface area contributed by atoms with Gasteiger partial charge < -0.3 is 4.74 Å². The third kappa shape index (κ3) is 8.20. The highest BCUT2D eigenvalue weighted by atomic mass is 16.5. The lowest BCUT2D eigenvalue weighted by atomic mass is 9.96. The molecule has 0 radical (unpaired) electrons. The van der Waals surface area contributed by atoms with Crippen molar-refractivity contribution in [2.24, 2.45) is 0 Å². The van der Waals surface area contributed by atoms with Crippen molar-refractivity contribution < 1.29 is 4.74 Å². The van der Waals surface area contributed by atoms with E-state index < -0.39 is 0 Å². The van der Waals surface area contributed by atoms with E-state index in [1.165, 1.54) is 22.1 Å². The van der Waals surface area contributed by atoms with Crippen LogP contribution in [0.15, 0.2) is 169 Å². The largest absolute Gasteiger partial charge is 0.462 e. The van der Waals surface area contributed by atoms with Crippen LogP contribution in [0.3, 0.4) is 0 Å². The molecule has 0 aliphatic carbocycles. The topological polar surface area (TPSA) is 47.9 Å². The van der Waals surface area contributed by atoms with Crippen LogP contribution in [0.4, 0.5) is 0 Å². The molecule has 0 unspecified atom stereocenters. The van der Waals surface area contributed by atoms with Gasteiger partial charge in [0.15, 0.2) is 17.5 Å². The Balaban J connectivity index is 1.32. The van der Waals surface area contributed by atoms with Gasteiger partial charge in [-0.05, 0) is 104 Å². The van der Waals surface area contributed by atoms with Gasteiger partial charge in [0.2, 0.25) is 0 Å². The van der Waals surface area contributed by atoms with Gasteiger partial charge in [-0.3, -0.25) is 0 Å². The Morgan fingerprint density at radius 1 is 0.608 bits per heavy atom. The maximum Gasteiger partial charge on any atom is 0.164 e. The van der Waals surface area contributed by atoms with Crippen LogP contribution >= 0.6 is 0 Å². The van der Waals surface area contributed by atoms with Crippen LogP contribution in [0.5, 0.6) is 0 Å². The molecule has 4 heteroatoms. The average Bonchev–Trinajstić information content (AvgIpc) is 3.15. The van der Waals surface area contributed by atoms with Gasteiger partial charge in [-0.1, -0.05) is 133 Å². The predicted molar refractivity (Wildman–Crippen MR) is 214 cm³/mol. The fraction of sp³-hybridized carbons (Fsp3) is 0.128. The summed E-state index contributed by atoms with van der Waals surface area (Å²) >= 11 is 0. The van der Waals surface area contributed by atoms with Gasteiger partial charge >= 0.3 is 0 Å². The van der Waals surface area contributed by atoms with E-state index in [-0.39, 0.29) is 0 Å². The van der Waals surface area contributed by atoms with Crippen LogP contribution in [0.1, 0.15) is 51.3 Å². The molecule has 0 bridgehead atoms. The molecule has 252 valence electrons. The van der Waals surface area contributed by atoms with Crippen LogP contribution in [0.25, 0.3) is 56.1 Å². The van der Waals surface area contributed by atoms with Crippen molar-refractivity contribution in [3.63, 3.8) is 0 Å². The Hall–Kier alpha value is -6.13. The number of allylic oxidation sites excluding steroid dienone is 8. The summed E-state index contributed by atoms with van der Waals surface area (Å²) < 4.78 is 6.46. The zero-order valence-electron chi connectivity index (χ0n) is 30.2. The van der Waals surface area contributed by atoms with Crippen molar-refractivity contribution in [2.45, 2.75) is 41.5 Å². The summed E-state index contributed by atoms with van der Waals surface area (Å²) in [5.74, 6) is 3.39. The lowest BCUT2D eigenvalue weighted by Crippen LogP contribution is -2.00. The zero-order chi connectivity index (χ0) is 35.9. The molecule has 0 atom stereocenters. The van der Waals surface area contributed by atoms with E-state index in [1.54, 1.807) is 0 Å². The Morgan fingerprint density at radius 2 is 1.18 bits per heavy atom. The number of benzene rings is 5. The molecule has 0 spiro atoms. The molecule has 1 heterocycles. The van der Waals surface area contributed by atoms with Crippen LogP contribution in [-0.4, -0.2) is 15.0 Å². The number of fused-ring (bicyclic) bond motifs is 1. The normalized spacial score (nSPS) is 12.2. The molecule has 0 aliphatic rings. The number of nitrogens with zero attached hydrogens (tertiary/aromatic N) is 3. The molecule has 6 rings (SSSR count). The van der Waals surface area contributed by atoms with Crippen molar-refractivity contribution in [3.8, 4) is 34.2 Å². The Kier molecular flexibility index (Phi) is 10.6. The standard InChI is InChI=1S/C47H43N3O/c1-8-35(30-44(32(4)5)51-34(7)28-43(31(2)3)42-21-15-12-16-33(42)6)37-22-25-39(26-23-37)46-48-45(38-18-10-9-11-19-38)49-47(50-46)41-27-24-36-17-13-14-20-40(36)29-41/h8-30H,4H2,1-3,5-7H3/b34-28+,35-8+,44-30+. The third-order valence-electron chi connectivity index (χ3n) is 8.76. The first-order valence-corrected chi connectivity index (χ1v) is 17.2. The molecule has 51 heavy (non-hydrogen) atoms. The molecule has 6 aromatic rings. The van der Waals surface area contributed by atoms with Crippen LogP contribution in [0, 0.1) is 6.92 Å². The SMILES string of the molecule is C=C(C)/C(=C\C(=C/C)c1ccc(-c2nc(-c3ccccc3)nc(-c3ccc4ccccc4c3)n2)cc1)O/C(C)=C/C(=C(C)C)c1ccccc1C. The minimum Gasteiger partial charge on any atom is -0.462 e. The van der Waals surface area contributed by atoms with Crippen LogP contribution < -0.4 is 0 Å². The van der Waals surface area contributed by atoms with E-state index >= 15 is 0 Å². The predicted octanol–water partition coefficient (Wildman–Crippen LogP) is 12.6. The van der Waals surface area contributed by atoms with Gasteiger partial charge in [-0.25, -0.2) is 15.0 Å².